The molecule has 1 aliphatic heterocycles. The average molecular weight is 277 g/mol. The molecule has 1 aromatic heterocycles. The maximum atomic E-state index is 13.7. The Balaban J connectivity index is 1.94. The summed E-state index contributed by atoms with van der Waals surface area (Å²) >= 11 is 0. The number of amides is 1. The first kappa shape index (κ1) is 12.8. The van der Waals surface area contributed by atoms with Crippen molar-refractivity contribution in [2.45, 2.75) is 18.9 Å². The zero-order valence-electron chi connectivity index (χ0n) is 10.7. The molecule has 1 aliphatic rings. The Hall–Kier alpha value is -2.17. The van der Waals surface area contributed by atoms with Gasteiger partial charge in [0.2, 0.25) is 0 Å². The first-order valence-corrected chi connectivity index (χ1v) is 6.47. The first-order valence-electron chi connectivity index (χ1n) is 6.47. The van der Waals surface area contributed by atoms with Gasteiger partial charge in [-0.15, -0.1) is 0 Å². The standard InChI is InChI=1S/C15H13F2NO2/c16-10-4-1-5-11(17)14(10)15(19)18-8-2-6-12(18)13-7-3-9-20-13/h1,3-5,7,9,12H,2,6,8H2. The van der Waals surface area contributed by atoms with Gasteiger partial charge in [0, 0.05) is 6.54 Å². The second-order valence-electron chi connectivity index (χ2n) is 4.77. The van der Waals surface area contributed by atoms with E-state index in [0.717, 1.165) is 25.0 Å². The summed E-state index contributed by atoms with van der Waals surface area (Å²) in [6, 6.07) is 6.68. The van der Waals surface area contributed by atoms with Crippen LogP contribution in [0.4, 0.5) is 8.78 Å². The largest absolute Gasteiger partial charge is 0.467 e. The van der Waals surface area contributed by atoms with E-state index in [0.29, 0.717) is 12.3 Å². The predicted octanol–water partition coefficient (Wildman–Crippen LogP) is 3.54. The second kappa shape index (κ2) is 5.07. The Labute approximate surface area is 114 Å². The Bertz CT molecular complexity index is 605. The van der Waals surface area contributed by atoms with Crippen LogP contribution in [0.15, 0.2) is 41.0 Å². The molecule has 0 saturated carbocycles. The monoisotopic (exact) mass is 277 g/mol. The molecule has 0 N–H and O–H groups in total. The summed E-state index contributed by atoms with van der Waals surface area (Å²) in [5.74, 6) is -1.65. The highest BCUT2D eigenvalue weighted by atomic mass is 19.1. The molecule has 1 fully saturated rings. The summed E-state index contributed by atoms with van der Waals surface area (Å²) in [6.07, 6.45) is 3.04. The number of carbonyl (C=O) groups is 1. The lowest BCUT2D eigenvalue weighted by atomic mass is 10.1. The Kier molecular flexibility index (Phi) is 3.26. The minimum Gasteiger partial charge on any atom is -0.467 e. The molecule has 0 bridgehead atoms. The Morgan fingerprint density at radius 1 is 1.20 bits per heavy atom. The van der Waals surface area contributed by atoms with Gasteiger partial charge < -0.3 is 9.32 Å². The number of halogens is 2. The van der Waals surface area contributed by atoms with Crippen LogP contribution < -0.4 is 0 Å². The number of nitrogens with zero attached hydrogens (tertiary/aromatic N) is 1. The molecule has 20 heavy (non-hydrogen) atoms. The molecule has 0 radical (unpaired) electrons. The summed E-state index contributed by atoms with van der Waals surface area (Å²) in [5, 5.41) is 0. The first-order chi connectivity index (χ1) is 9.68. The number of carbonyl (C=O) groups excluding carboxylic acids is 1. The number of likely N-dealkylation sites (tertiary alicyclic amines) is 1. The van der Waals surface area contributed by atoms with Crippen molar-refractivity contribution in [3.05, 3.63) is 59.6 Å². The van der Waals surface area contributed by atoms with Crippen molar-refractivity contribution >= 4 is 5.91 Å². The highest BCUT2D eigenvalue weighted by molar-refractivity contribution is 5.95. The van der Waals surface area contributed by atoms with E-state index in [1.165, 1.54) is 17.2 Å². The number of benzene rings is 1. The van der Waals surface area contributed by atoms with Gasteiger partial charge in [0.1, 0.15) is 23.0 Å². The van der Waals surface area contributed by atoms with Crippen molar-refractivity contribution in [3.8, 4) is 0 Å². The lowest BCUT2D eigenvalue weighted by Gasteiger charge is -2.23. The van der Waals surface area contributed by atoms with E-state index in [2.05, 4.69) is 0 Å². The Morgan fingerprint density at radius 2 is 1.95 bits per heavy atom. The zero-order valence-corrected chi connectivity index (χ0v) is 10.7. The van der Waals surface area contributed by atoms with Crippen LogP contribution in [0.5, 0.6) is 0 Å². The van der Waals surface area contributed by atoms with Gasteiger partial charge >= 0.3 is 0 Å². The van der Waals surface area contributed by atoms with E-state index in [1.807, 2.05) is 0 Å². The maximum absolute atomic E-state index is 13.7. The third-order valence-electron chi connectivity index (χ3n) is 3.56. The van der Waals surface area contributed by atoms with Crippen LogP contribution >= 0.6 is 0 Å². The van der Waals surface area contributed by atoms with Crippen LogP contribution in [-0.2, 0) is 0 Å². The van der Waals surface area contributed by atoms with E-state index in [4.69, 9.17) is 4.42 Å². The summed E-state index contributed by atoms with van der Waals surface area (Å²) in [6.45, 7) is 0.470. The van der Waals surface area contributed by atoms with Crippen molar-refractivity contribution in [1.82, 2.24) is 4.90 Å². The maximum Gasteiger partial charge on any atom is 0.260 e. The highest BCUT2D eigenvalue weighted by Gasteiger charge is 2.34. The van der Waals surface area contributed by atoms with Gasteiger partial charge in [-0.2, -0.15) is 0 Å². The molecule has 5 heteroatoms. The van der Waals surface area contributed by atoms with Gasteiger partial charge in [0.15, 0.2) is 0 Å². The molecular weight excluding hydrogens is 264 g/mol. The molecule has 0 aliphatic carbocycles. The fourth-order valence-electron chi connectivity index (χ4n) is 2.63. The summed E-state index contributed by atoms with van der Waals surface area (Å²) in [7, 11) is 0. The third-order valence-corrected chi connectivity index (χ3v) is 3.56. The SMILES string of the molecule is O=C(c1c(F)cccc1F)N1CCCC1c1ccco1. The normalized spacial score (nSPS) is 18.5. The molecule has 2 aromatic rings. The third kappa shape index (κ3) is 2.09. The van der Waals surface area contributed by atoms with Crippen molar-refractivity contribution in [1.29, 1.82) is 0 Å². The van der Waals surface area contributed by atoms with Crippen molar-refractivity contribution in [2.75, 3.05) is 6.54 Å². The fraction of sp³-hybridized carbons (Fsp3) is 0.267. The minimum atomic E-state index is -0.833. The molecule has 3 rings (SSSR count). The predicted molar refractivity (Wildman–Crippen MR) is 68.1 cm³/mol. The molecule has 1 saturated heterocycles. The van der Waals surface area contributed by atoms with Crippen LogP contribution in [0.1, 0.15) is 35.0 Å². The molecule has 1 unspecified atom stereocenters. The molecule has 1 atom stereocenters. The summed E-state index contributed by atoms with van der Waals surface area (Å²) in [5.41, 5.74) is -0.494. The lowest BCUT2D eigenvalue weighted by molar-refractivity contribution is 0.0710. The molecule has 2 heterocycles. The molecule has 3 nitrogen and oxygen atoms in total. The number of hydrogen-bond acceptors (Lipinski definition) is 2. The quantitative estimate of drug-likeness (QED) is 0.841. The van der Waals surface area contributed by atoms with Crippen LogP contribution in [0, 0.1) is 11.6 Å². The summed E-state index contributed by atoms with van der Waals surface area (Å²) < 4.78 is 32.7. The topological polar surface area (TPSA) is 33.5 Å². The average Bonchev–Trinajstić information content (AvgIpc) is 3.09. The van der Waals surface area contributed by atoms with Crippen molar-refractivity contribution in [3.63, 3.8) is 0 Å². The van der Waals surface area contributed by atoms with Gasteiger partial charge in [-0.3, -0.25) is 4.79 Å². The van der Waals surface area contributed by atoms with E-state index in [-0.39, 0.29) is 6.04 Å². The van der Waals surface area contributed by atoms with E-state index < -0.39 is 23.1 Å². The van der Waals surface area contributed by atoms with Gasteiger partial charge in [-0.25, -0.2) is 8.78 Å². The lowest BCUT2D eigenvalue weighted by Crippen LogP contribution is -2.31. The van der Waals surface area contributed by atoms with E-state index >= 15 is 0 Å². The Morgan fingerprint density at radius 3 is 2.60 bits per heavy atom. The number of furan rings is 1. The molecule has 1 aromatic carbocycles. The molecule has 1 amide bonds. The highest BCUT2D eigenvalue weighted by Crippen LogP contribution is 2.34. The van der Waals surface area contributed by atoms with Crippen LogP contribution in [0.2, 0.25) is 0 Å². The van der Waals surface area contributed by atoms with E-state index in [9.17, 15) is 13.6 Å². The zero-order chi connectivity index (χ0) is 14.1. The van der Waals surface area contributed by atoms with Gasteiger partial charge in [-0.05, 0) is 37.1 Å². The molecule has 104 valence electrons. The minimum absolute atomic E-state index is 0.253. The van der Waals surface area contributed by atoms with Gasteiger partial charge in [-0.1, -0.05) is 6.07 Å². The second-order valence-corrected chi connectivity index (χ2v) is 4.77. The van der Waals surface area contributed by atoms with Crippen LogP contribution in [0.3, 0.4) is 0 Å². The molecule has 0 spiro atoms. The summed E-state index contributed by atoms with van der Waals surface area (Å²) in [4.78, 5) is 13.9. The molecular formula is C15H13F2NO2. The fourth-order valence-corrected chi connectivity index (χ4v) is 2.63. The van der Waals surface area contributed by atoms with Gasteiger partial charge in [0.25, 0.3) is 5.91 Å². The van der Waals surface area contributed by atoms with Crippen LogP contribution in [0.25, 0.3) is 0 Å². The smallest absolute Gasteiger partial charge is 0.260 e. The van der Waals surface area contributed by atoms with Gasteiger partial charge in [0.05, 0.1) is 12.3 Å². The number of rotatable bonds is 2. The van der Waals surface area contributed by atoms with Crippen molar-refractivity contribution in [2.24, 2.45) is 0 Å². The number of hydrogen-bond donors (Lipinski definition) is 0. The van der Waals surface area contributed by atoms with E-state index in [1.54, 1.807) is 12.1 Å². The van der Waals surface area contributed by atoms with Crippen molar-refractivity contribution < 1.29 is 18.0 Å². The van der Waals surface area contributed by atoms with Crippen LogP contribution in [-0.4, -0.2) is 17.4 Å².